The smallest absolute Gasteiger partial charge is 0.0403 e. The standard InChI is InChI=1S/C18H26N2/c1-13-11-15(12-20(13)16-9-10-16)19-18-8-4-6-14-5-2-3-7-17(14)18/h4,6,8,13,15-16,19H,2-3,5,7,9-12H2,1H3. The molecule has 1 aromatic rings. The minimum absolute atomic E-state index is 0.652. The molecule has 4 rings (SSSR count). The summed E-state index contributed by atoms with van der Waals surface area (Å²) in [5.41, 5.74) is 4.62. The van der Waals surface area contributed by atoms with E-state index in [1.165, 1.54) is 57.2 Å². The third-order valence-corrected chi connectivity index (χ3v) is 5.39. The summed E-state index contributed by atoms with van der Waals surface area (Å²) in [5, 5.41) is 3.87. The summed E-state index contributed by atoms with van der Waals surface area (Å²) in [7, 11) is 0. The van der Waals surface area contributed by atoms with E-state index in [9.17, 15) is 0 Å². The second-order valence-corrected chi connectivity index (χ2v) is 7.00. The highest BCUT2D eigenvalue weighted by atomic mass is 15.3. The highest BCUT2D eigenvalue weighted by molar-refractivity contribution is 5.56. The van der Waals surface area contributed by atoms with E-state index < -0.39 is 0 Å². The van der Waals surface area contributed by atoms with Crippen LogP contribution < -0.4 is 5.32 Å². The Hall–Kier alpha value is -1.02. The predicted molar refractivity (Wildman–Crippen MR) is 84.3 cm³/mol. The summed E-state index contributed by atoms with van der Waals surface area (Å²) in [6.07, 6.45) is 9.44. The Morgan fingerprint density at radius 3 is 2.85 bits per heavy atom. The van der Waals surface area contributed by atoms with Gasteiger partial charge in [-0.15, -0.1) is 0 Å². The van der Waals surface area contributed by atoms with Gasteiger partial charge in [0.15, 0.2) is 0 Å². The van der Waals surface area contributed by atoms with Crippen molar-refractivity contribution in [2.75, 3.05) is 11.9 Å². The van der Waals surface area contributed by atoms with Crippen molar-refractivity contribution in [1.82, 2.24) is 4.90 Å². The van der Waals surface area contributed by atoms with E-state index in [0.717, 1.165) is 12.1 Å². The Bertz CT molecular complexity index is 492. The molecule has 2 nitrogen and oxygen atoms in total. The number of nitrogens with one attached hydrogen (secondary N) is 1. The van der Waals surface area contributed by atoms with Gasteiger partial charge in [-0.05, 0) is 69.1 Å². The van der Waals surface area contributed by atoms with Crippen molar-refractivity contribution in [3.63, 3.8) is 0 Å². The van der Waals surface area contributed by atoms with Gasteiger partial charge in [-0.3, -0.25) is 4.90 Å². The number of hydrogen-bond acceptors (Lipinski definition) is 2. The molecule has 0 spiro atoms. The average molecular weight is 270 g/mol. The van der Waals surface area contributed by atoms with Crippen molar-refractivity contribution in [1.29, 1.82) is 0 Å². The summed E-state index contributed by atoms with van der Waals surface area (Å²) in [6, 6.07) is 9.19. The molecule has 1 saturated heterocycles. The first-order valence-electron chi connectivity index (χ1n) is 8.44. The Labute approximate surface area is 122 Å². The maximum absolute atomic E-state index is 3.87. The van der Waals surface area contributed by atoms with Gasteiger partial charge in [-0.25, -0.2) is 0 Å². The Morgan fingerprint density at radius 1 is 1.15 bits per heavy atom. The van der Waals surface area contributed by atoms with Gasteiger partial charge >= 0.3 is 0 Å². The molecule has 2 aliphatic carbocycles. The Kier molecular flexibility index (Phi) is 3.22. The predicted octanol–water partition coefficient (Wildman–Crippen LogP) is 3.60. The molecule has 2 heteroatoms. The SMILES string of the molecule is CC1CC(Nc2cccc3c2CCCC3)CN1C1CC1. The largest absolute Gasteiger partial charge is 0.381 e. The summed E-state index contributed by atoms with van der Waals surface area (Å²) in [5.74, 6) is 0. The molecule has 0 aromatic heterocycles. The molecule has 2 atom stereocenters. The fourth-order valence-electron chi connectivity index (χ4n) is 4.21. The molecule has 0 radical (unpaired) electrons. The first kappa shape index (κ1) is 12.7. The second-order valence-electron chi connectivity index (χ2n) is 7.00. The average Bonchev–Trinajstić information content (AvgIpc) is 3.24. The Balaban J connectivity index is 1.49. The van der Waals surface area contributed by atoms with Gasteiger partial charge in [-0.1, -0.05) is 12.1 Å². The maximum Gasteiger partial charge on any atom is 0.0403 e. The lowest BCUT2D eigenvalue weighted by molar-refractivity contribution is 0.257. The zero-order valence-corrected chi connectivity index (χ0v) is 12.6. The van der Waals surface area contributed by atoms with Crippen LogP contribution in [0.1, 0.15) is 50.2 Å². The first-order valence-corrected chi connectivity index (χ1v) is 8.44. The number of rotatable bonds is 3. The highest BCUT2D eigenvalue weighted by Crippen LogP contribution is 2.35. The molecular formula is C18H26N2. The topological polar surface area (TPSA) is 15.3 Å². The number of likely N-dealkylation sites (tertiary alicyclic amines) is 1. The molecule has 0 amide bonds. The number of anilines is 1. The normalized spacial score (nSPS) is 30.2. The molecule has 1 heterocycles. The van der Waals surface area contributed by atoms with E-state index in [0.29, 0.717) is 6.04 Å². The van der Waals surface area contributed by atoms with E-state index in [2.05, 4.69) is 35.3 Å². The molecule has 3 aliphatic rings. The van der Waals surface area contributed by atoms with E-state index in [1.54, 1.807) is 11.1 Å². The van der Waals surface area contributed by atoms with Gasteiger partial charge in [-0.2, -0.15) is 0 Å². The minimum Gasteiger partial charge on any atom is -0.381 e. The van der Waals surface area contributed by atoms with Crippen LogP contribution in [0.25, 0.3) is 0 Å². The Morgan fingerprint density at radius 2 is 2.00 bits per heavy atom. The van der Waals surface area contributed by atoms with Crippen LogP contribution in [0.4, 0.5) is 5.69 Å². The molecule has 108 valence electrons. The van der Waals surface area contributed by atoms with Crippen molar-refractivity contribution in [2.45, 2.75) is 70.0 Å². The van der Waals surface area contributed by atoms with Crippen molar-refractivity contribution < 1.29 is 0 Å². The van der Waals surface area contributed by atoms with Crippen LogP contribution in [0.15, 0.2) is 18.2 Å². The van der Waals surface area contributed by atoms with Gasteiger partial charge < -0.3 is 5.32 Å². The van der Waals surface area contributed by atoms with E-state index in [-0.39, 0.29) is 0 Å². The van der Waals surface area contributed by atoms with Crippen LogP contribution in [-0.4, -0.2) is 29.6 Å². The van der Waals surface area contributed by atoms with Crippen molar-refractivity contribution in [3.8, 4) is 0 Å². The molecule has 1 N–H and O–H groups in total. The van der Waals surface area contributed by atoms with E-state index >= 15 is 0 Å². The van der Waals surface area contributed by atoms with Gasteiger partial charge in [0, 0.05) is 30.4 Å². The third kappa shape index (κ3) is 2.35. The van der Waals surface area contributed by atoms with Crippen LogP contribution in [0.3, 0.4) is 0 Å². The van der Waals surface area contributed by atoms with Crippen molar-refractivity contribution in [2.24, 2.45) is 0 Å². The second kappa shape index (κ2) is 5.07. The van der Waals surface area contributed by atoms with Crippen LogP contribution in [0, 0.1) is 0 Å². The summed E-state index contributed by atoms with van der Waals surface area (Å²) in [4.78, 5) is 2.73. The lowest BCUT2D eigenvalue weighted by Crippen LogP contribution is -2.31. The number of hydrogen-bond donors (Lipinski definition) is 1. The lowest BCUT2D eigenvalue weighted by Gasteiger charge is -2.23. The van der Waals surface area contributed by atoms with E-state index in [4.69, 9.17) is 0 Å². The molecule has 2 fully saturated rings. The van der Waals surface area contributed by atoms with Gasteiger partial charge in [0.05, 0.1) is 0 Å². The van der Waals surface area contributed by atoms with Crippen LogP contribution in [-0.2, 0) is 12.8 Å². The minimum atomic E-state index is 0.652. The summed E-state index contributed by atoms with van der Waals surface area (Å²) < 4.78 is 0. The summed E-state index contributed by atoms with van der Waals surface area (Å²) in [6.45, 7) is 3.65. The number of aryl methyl sites for hydroxylation is 1. The summed E-state index contributed by atoms with van der Waals surface area (Å²) >= 11 is 0. The zero-order chi connectivity index (χ0) is 13.5. The molecule has 1 aromatic carbocycles. The lowest BCUT2D eigenvalue weighted by atomic mass is 9.90. The quantitative estimate of drug-likeness (QED) is 0.902. The molecule has 0 bridgehead atoms. The van der Waals surface area contributed by atoms with Gasteiger partial charge in [0.1, 0.15) is 0 Å². The number of nitrogens with zero attached hydrogens (tertiary/aromatic N) is 1. The van der Waals surface area contributed by atoms with E-state index in [1.807, 2.05) is 0 Å². The van der Waals surface area contributed by atoms with Gasteiger partial charge in [0.25, 0.3) is 0 Å². The molecule has 20 heavy (non-hydrogen) atoms. The van der Waals surface area contributed by atoms with Crippen molar-refractivity contribution >= 4 is 5.69 Å². The number of benzene rings is 1. The fourth-order valence-corrected chi connectivity index (χ4v) is 4.21. The van der Waals surface area contributed by atoms with Crippen molar-refractivity contribution in [3.05, 3.63) is 29.3 Å². The number of fused-ring (bicyclic) bond motifs is 1. The molecular weight excluding hydrogens is 244 g/mol. The zero-order valence-electron chi connectivity index (χ0n) is 12.6. The third-order valence-electron chi connectivity index (χ3n) is 5.39. The molecule has 1 saturated carbocycles. The molecule has 2 unspecified atom stereocenters. The monoisotopic (exact) mass is 270 g/mol. The van der Waals surface area contributed by atoms with Crippen LogP contribution in [0.5, 0.6) is 0 Å². The van der Waals surface area contributed by atoms with Crippen LogP contribution >= 0.6 is 0 Å². The molecule has 1 aliphatic heterocycles. The van der Waals surface area contributed by atoms with Crippen LogP contribution in [0.2, 0.25) is 0 Å². The van der Waals surface area contributed by atoms with Gasteiger partial charge in [0.2, 0.25) is 0 Å². The first-order chi connectivity index (χ1) is 9.81. The highest BCUT2D eigenvalue weighted by Gasteiger charge is 2.38. The maximum atomic E-state index is 3.87. The fraction of sp³-hybridized carbons (Fsp3) is 0.667.